The van der Waals surface area contributed by atoms with Gasteiger partial charge in [0.1, 0.15) is 5.00 Å². The van der Waals surface area contributed by atoms with Crippen LogP contribution in [0, 0.1) is 5.41 Å². The number of nitrogens with two attached hydrogens (primary N) is 1. The highest BCUT2D eigenvalue weighted by Gasteiger charge is 2.43. The molecule has 1 aromatic heterocycles. The normalized spacial score (nSPS) is 19.8. The first-order valence-corrected chi connectivity index (χ1v) is 10.3. The van der Waals surface area contributed by atoms with E-state index in [2.05, 4.69) is 5.32 Å². The van der Waals surface area contributed by atoms with Crippen molar-refractivity contribution in [2.75, 3.05) is 11.9 Å². The van der Waals surface area contributed by atoms with Crippen LogP contribution in [-0.4, -0.2) is 29.1 Å². The summed E-state index contributed by atoms with van der Waals surface area (Å²) in [6.45, 7) is 11.5. The highest BCUT2D eigenvalue weighted by molar-refractivity contribution is 7.17. The van der Waals surface area contributed by atoms with Crippen LogP contribution in [0.2, 0.25) is 0 Å². The van der Waals surface area contributed by atoms with E-state index < -0.39 is 22.5 Å². The number of hydrogen-bond acceptors (Lipinski definition) is 5. The lowest BCUT2D eigenvalue weighted by atomic mass is 9.80. The molecule has 0 aromatic carbocycles. The standard InChI is InChI=1S/C20H32N2O4S/c1-7-9-20(8-2,11-23)17(25)22-16-13(15(21)24)12-10-18(3,4)26-19(5,6)14(12)27-16/h23H,7-11H2,1-6H3,(H2,21,24)(H,22,25). The van der Waals surface area contributed by atoms with Gasteiger partial charge >= 0.3 is 0 Å². The van der Waals surface area contributed by atoms with E-state index in [9.17, 15) is 14.7 Å². The van der Waals surface area contributed by atoms with Crippen molar-refractivity contribution < 1.29 is 19.4 Å². The highest BCUT2D eigenvalue weighted by atomic mass is 32.1. The van der Waals surface area contributed by atoms with Crippen LogP contribution in [-0.2, 0) is 21.6 Å². The van der Waals surface area contributed by atoms with Crippen molar-refractivity contribution in [3.63, 3.8) is 0 Å². The van der Waals surface area contributed by atoms with Crippen LogP contribution in [0.3, 0.4) is 0 Å². The predicted octanol–water partition coefficient (Wildman–Crippen LogP) is 3.56. The third-order valence-corrected chi connectivity index (χ3v) is 6.80. The average molecular weight is 397 g/mol. The Balaban J connectivity index is 2.52. The Hall–Kier alpha value is -1.44. The lowest BCUT2D eigenvalue weighted by Crippen LogP contribution is -2.42. The van der Waals surface area contributed by atoms with E-state index in [1.165, 1.54) is 11.3 Å². The molecule has 1 aliphatic rings. The summed E-state index contributed by atoms with van der Waals surface area (Å²) in [5.41, 5.74) is 5.03. The van der Waals surface area contributed by atoms with Gasteiger partial charge in [0.05, 0.1) is 28.8 Å². The molecule has 0 radical (unpaired) electrons. The lowest BCUT2D eigenvalue weighted by Gasteiger charge is -2.41. The van der Waals surface area contributed by atoms with Gasteiger partial charge in [0.2, 0.25) is 5.91 Å². The zero-order chi connectivity index (χ0) is 20.6. The number of anilines is 1. The van der Waals surface area contributed by atoms with Crippen LogP contribution in [0.1, 0.15) is 81.6 Å². The van der Waals surface area contributed by atoms with E-state index in [-0.39, 0.29) is 12.5 Å². The molecule has 0 saturated carbocycles. The second-order valence-corrected chi connectivity index (χ2v) is 9.54. The molecule has 0 spiro atoms. The summed E-state index contributed by atoms with van der Waals surface area (Å²) >= 11 is 1.34. The van der Waals surface area contributed by atoms with Crippen LogP contribution < -0.4 is 11.1 Å². The highest BCUT2D eigenvalue weighted by Crippen LogP contribution is 2.48. The molecule has 0 aliphatic carbocycles. The van der Waals surface area contributed by atoms with Crippen LogP contribution in [0.4, 0.5) is 5.00 Å². The number of aliphatic hydroxyl groups excluding tert-OH is 1. The summed E-state index contributed by atoms with van der Waals surface area (Å²) < 4.78 is 6.19. The molecule has 2 amide bonds. The van der Waals surface area contributed by atoms with Gasteiger partial charge in [0.15, 0.2) is 0 Å². The van der Waals surface area contributed by atoms with Gasteiger partial charge in [-0.3, -0.25) is 9.59 Å². The maximum absolute atomic E-state index is 13.0. The summed E-state index contributed by atoms with van der Waals surface area (Å²) in [7, 11) is 0. The molecule has 1 aliphatic heterocycles. The molecule has 0 fully saturated rings. The van der Waals surface area contributed by atoms with E-state index in [1.807, 2.05) is 41.5 Å². The number of rotatable bonds is 7. The largest absolute Gasteiger partial charge is 0.395 e. The number of carbonyl (C=O) groups excluding carboxylic acids is 2. The second-order valence-electron chi connectivity index (χ2n) is 8.52. The summed E-state index contributed by atoms with van der Waals surface area (Å²) in [5.74, 6) is -0.827. The second kappa shape index (κ2) is 7.53. The third kappa shape index (κ3) is 4.05. The first kappa shape index (κ1) is 21.9. The van der Waals surface area contributed by atoms with Crippen LogP contribution in [0.5, 0.6) is 0 Å². The van der Waals surface area contributed by atoms with Gasteiger partial charge in [0, 0.05) is 11.3 Å². The Morgan fingerprint density at radius 3 is 2.41 bits per heavy atom. The number of hydrogen-bond donors (Lipinski definition) is 3. The first-order valence-electron chi connectivity index (χ1n) is 9.51. The minimum absolute atomic E-state index is 0.234. The Bertz CT molecular complexity index is 733. The zero-order valence-corrected chi connectivity index (χ0v) is 18.0. The van der Waals surface area contributed by atoms with Gasteiger partial charge in [-0.1, -0.05) is 20.3 Å². The van der Waals surface area contributed by atoms with Crippen molar-refractivity contribution in [3.8, 4) is 0 Å². The zero-order valence-electron chi connectivity index (χ0n) is 17.2. The minimum atomic E-state index is -0.862. The fraction of sp³-hybridized carbons (Fsp3) is 0.700. The topological polar surface area (TPSA) is 102 Å². The molecular weight excluding hydrogens is 364 g/mol. The van der Waals surface area contributed by atoms with Gasteiger partial charge in [-0.15, -0.1) is 11.3 Å². The fourth-order valence-corrected chi connectivity index (χ4v) is 5.35. The summed E-state index contributed by atoms with van der Waals surface area (Å²) in [6, 6.07) is 0. The van der Waals surface area contributed by atoms with Gasteiger partial charge < -0.3 is 20.9 Å². The van der Waals surface area contributed by atoms with Crippen molar-refractivity contribution in [1.82, 2.24) is 0 Å². The monoisotopic (exact) mass is 396 g/mol. The quantitative estimate of drug-likeness (QED) is 0.656. The number of amides is 2. The molecular formula is C20H32N2O4S. The van der Waals surface area contributed by atoms with Crippen molar-refractivity contribution in [3.05, 3.63) is 16.0 Å². The number of thiophene rings is 1. The summed E-state index contributed by atoms with van der Waals surface area (Å²) in [6.07, 6.45) is 2.41. The summed E-state index contributed by atoms with van der Waals surface area (Å²) in [5, 5.41) is 13.2. The van der Waals surface area contributed by atoms with Crippen molar-refractivity contribution in [2.24, 2.45) is 11.1 Å². The molecule has 0 saturated heterocycles. The van der Waals surface area contributed by atoms with Gasteiger partial charge in [-0.25, -0.2) is 0 Å². The van der Waals surface area contributed by atoms with E-state index in [1.54, 1.807) is 0 Å². The third-order valence-electron chi connectivity index (χ3n) is 5.35. The van der Waals surface area contributed by atoms with Crippen LogP contribution in [0.15, 0.2) is 0 Å². The number of carbonyl (C=O) groups is 2. The molecule has 1 atom stereocenters. The molecule has 7 heteroatoms. The van der Waals surface area contributed by atoms with Crippen molar-refractivity contribution in [2.45, 2.75) is 78.4 Å². The van der Waals surface area contributed by atoms with Crippen molar-refractivity contribution >= 4 is 28.2 Å². The lowest BCUT2D eigenvalue weighted by molar-refractivity contribution is -0.135. The minimum Gasteiger partial charge on any atom is -0.395 e. The SMILES string of the molecule is CCCC(CC)(CO)C(=O)Nc1sc2c(c1C(N)=O)CC(C)(C)OC2(C)C. The fourth-order valence-electron chi connectivity index (χ4n) is 4.10. The molecule has 1 unspecified atom stereocenters. The Morgan fingerprint density at radius 1 is 1.30 bits per heavy atom. The first-order chi connectivity index (χ1) is 12.4. The van der Waals surface area contributed by atoms with E-state index in [0.717, 1.165) is 16.9 Å². The molecule has 2 heterocycles. The van der Waals surface area contributed by atoms with E-state index in [4.69, 9.17) is 10.5 Å². The van der Waals surface area contributed by atoms with Gasteiger partial charge in [-0.2, -0.15) is 0 Å². The Labute approximate surface area is 165 Å². The van der Waals surface area contributed by atoms with Crippen LogP contribution >= 0.6 is 11.3 Å². The van der Waals surface area contributed by atoms with Gasteiger partial charge in [-0.05, 0) is 46.1 Å². The number of fused-ring (bicyclic) bond motifs is 1. The average Bonchev–Trinajstić information content (AvgIpc) is 2.89. The Kier molecular flexibility index (Phi) is 6.09. The van der Waals surface area contributed by atoms with Gasteiger partial charge in [0.25, 0.3) is 5.91 Å². The maximum Gasteiger partial charge on any atom is 0.251 e. The van der Waals surface area contributed by atoms with E-state index in [0.29, 0.717) is 29.8 Å². The Morgan fingerprint density at radius 2 is 1.93 bits per heavy atom. The molecule has 4 N–H and O–H groups in total. The number of aliphatic hydroxyl groups is 1. The maximum atomic E-state index is 13.0. The number of nitrogens with one attached hydrogen (secondary N) is 1. The predicted molar refractivity (Wildman–Crippen MR) is 108 cm³/mol. The van der Waals surface area contributed by atoms with E-state index >= 15 is 0 Å². The molecule has 0 bridgehead atoms. The molecule has 6 nitrogen and oxygen atoms in total. The molecule has 152 valence electrons. The number of primary amides is 1. The molecule has 2 rings (SSSR count). The van der Waals surface area contributed by atoms with Crippen LogP contribution in [0.25, 0.3) is 0 Å². The van der Waals surface area contributed by atoms with Crippen molar-refractivity contribution in [1.29, 1.82) is 0 Å². The number of ether oxygens (including phenoxy) is 1. The molecule has 1 aromatic rings. The molecule has 27 heavy (non-hydrogen) atoms. The summed E-state index contributed by atoms with van der Waals surface area (Å²) in [4.78, 5) is 26.2. The smallest absolute Gasteiger partial charge is 0.251 e.